The maximum absolute atomic E-state index is 14.3. The number of hydrogen-bond acceptors (Lipinski definition) is 9. The van der Waals surface area contributed by atoms with Crippen LogP contribution in [0, 0.1) is 31.1 Å². The molecule has 0 amide bonds. The van der Waals surface area contributed by atoms with E-state index in [2.05, 4.69) is 44.7 Å². The summed E-state index contributed by atoms with van der Waals surface area (Å²) in [5, 5.41) is 23.2. The second-order valence-corrected chi connectivity index (χ2v) is 15.4. The van der Waals surface area contributed by atoms with Crippen molar-refractivity contribution in [2.75, 3.05) is 13.2 Å². The summed E-state index contributed by atoms with van der Waals surface area (Å²) in [6, 6.07) is 16.5. The molecule has 0 bridgehead atoms. The molecule has 0 fully saturated rings. The van der Waals surface area contributed by atoms with Gasteiger partial charge in [0.2, 0.25) is 5.75 Å². The molecule has 0 unspecified atom stereocenters. The van der Waals surface area contributed by atoms with Crippen LogP contribution < -0.4 is 9.47 Å². The number of benzene rings is 3. The lowest BCUT2D eigenvalue weighted by atomic mass is 9.63. The Morgan fingerprint density at radius 3 is 1.98 bits per heavy atom. The molecule has 266 valence electrons. The number of ether oxygens (including phenoxy) is 2. The van der Waals surface area contributed by atoms with Gasteiger partial charge in [-0.1, -0.05) is 69.6 Å². The lowest BCUT2D eigenvalue weighted by Gasteiger charge is -2.49. The van der Waals surface area contributed by atoms with Gasteiger partial charge in [-0.25, -0.2) is 0 Å². The number of ketones is 2. The molecule has 1 heterocycles. The van der Waals surface area contributed by atoms with E-state index in [1.807, 2.05) is 18.2 Å². The molecule has 0 aromatic heterocycles. The SMILES string of the molecule is CCOc1cc(C2C3=C(CC(C)(C)CC3=O)N(CCc3ccccc3)C3=C2C(=O)CC(C)(C)C3)cc(Cl)c1Oc1ccc([N+](=O)[O-])cc1[N+](=O)[O-]. The lowest BCUT2D eigenvalue weighted by molar-refractivity contribution is -0.394. The zero-order valence-electron chi connectivity index (χ0n) is 29.3. The van der Waals surface area contributed by atoms with Crippen LogP contribution >= 0.6 is 11.6 Å². The van der Waals surface area contributed by atoms with Gasteiger partial charge in [0.15, 0.2) is 23.1 Å². The summed E-state index contributed by atoms with van der Waals surface area (Å²) in [4.78, 5) is 52.6. The first-order valence-corrected chi connectivity index (χ1v) is 17.4. The molecule has 1 aliphatic heterocycles. The van der Waals surface area contributed by atoms with Crippen LogP contribution in [0.3, 0.4) is 0 Å². The Morgan fingerprint density at radius 2 is 1.43 bits per heavy atom. The lowest BCUT2D eigenvalue weighted by Crippen LogP contribution is -2.45. The molecule has 0 spiro atoms. The number of non-ortho nitro benzene ring substituents is 1. The van der Waals surface area contributed by atoms with Crippen LogP contribution in [-0.4, -0.2) is 39.5 Å². The maximum Gasteiger partial charge on any atom is 0.318 e. The summed E-state index contributed by atoms with van der Waals surface area (Å²) in [5.41, 5.74) is 3.01. The molecule has 3 aliphatic rings. The molecule has 0 radical (unpaired) electrons. The van der Waals surface area contributed by atoms with Crippen molar-refractivity contribution < 1.29 is 28.9 Å². The average Bonchev–Trinajstić information content (AvgIpc) is 3.04. The summed E-state index contributed by atoms with van der Waals surface area (Å²) >= 11 is 6.92. The van der Waals surface area contributed by atoms with Gasteiger partial charge in [-0.05, 0) is 66.3 Å². The number of halogens is 1. The average molecular weight is 714 g/mol. The van der Waals surface area contributed by atoms with E-state index < -0.39 is 27.1 Å². The Balaban J connectivity index is 1.52. The first kappa shape index (κ1) is 35.8. The fourth-order valence-electron chi connectivity index (χ4n) is 7.61. The van der Waals surface area contributed by atoms with E-state index in [4.69, 9.17) is 21.1 Å². The number of nitro benzene ring substituents is 2. The smallest absolute Gasteiger partial charge is 0.318 e. The number of carbonyl (C=O) groups excluding carboxylic acids is 2. The summed E-state index contributed by atoms with van der Waals surface area (Å²) in [6.45, 7) is 10.9. The van der Waals surface area contributed by atoms with Gasteiger partial charge in [-0.3, -0.25) is 29.8 Å². The minimum atomic E-state index is -0.773. The topological polar surface area (TPSA) is 142 Å². The first-order chi connectivity index (χ1) is 24.1. The Kier molecular flexibility index (Phi) is 9.54. The minimum Gasteiger partial charge on any atom is -0.490 e. The van der Waals surface area contributed by atoms with Crippen molar-refractivity contribution in [2.45, 2.75) is 72.6 Å². The van der Waals surface area contributed by atoms with Gasteiger partial charge in [0.05, 0.1) is 27.5 Å². The fourth-order valence-corrected chi connectivity index (χ4v) is 7.87. The molecule has 0 saturated heterocycles. The van der Waals surface area contributed by atoms with Crippen LogP contribution in [0.2, 0.25) is 5.02 Å². The summed E-state index contributed by atoms with van der Waals surface area (Å²) < 4.78 is 12.0. The fraction of sp³-hybridized carbons (Fsp3) is 0.385. The summed E-state index contributed by atoms with van der Waals surface area (Å²) in [6.07, 6.45) is 2.63. The van der Waals surface area contributed by atoms with Crippen molar-refractivity contribution >= 4 is 34.5 Å². The third-order valence-corrected chi connectivity index (χ3v) is 10.00. The second kappa shape index (κ2) is 13.6. The van der Waals surface area contributed by atoms with E-state index in [1.165, 1.54) is 0 Å². The van der Waals surface area contributed by atoms with E-state index in [9.17, 15) is 29.8 Å². The molecule has 51 heavy (non-hydrogen) atoms. The van der Waals surface area contributed by atoms with E-state index in [0.29, 0.717) is 48.9 Å². The molecule has 0 atom stereocenters. The molecule has 12 heteroatoms. The van der Waals surface area contributed by atoms with Gasteiger partial charge in [0.1, 0.15) is 0 Å². The second-order valence-electron chi connectivity index (χ2n) is 15.0. The van der Waals surface area contributed by atoms with Crippen LogP contribution in [0.15, 0.2) is 83.2 Å². The van der Waals surface area contributed by atoms with Crippen LogP contribution in [0.1, 0.15) is 77.3 Å². The summed E-state index contributed by atoms with van der Waals surface area (Å²) in [7, 11) is 0. The predicted molar refractivity (Wildman–Crippen MR) is 192 cm³/mol. The third-order valence-electron chi connectivity index (χ3n) is 9.72. The number of rotatable bonds is 10. The monoisotopic (exact) mass is 713 g/mol. The molecular formula is C39H40ClN3O8. The largest absolute Gasteiger partial charge is 0.490 e. The number of hydrogen-bond donors (Lipinski definition) is 0. The normalized spacial score (nSPS) is 18.4. The number of carbonyl (C=O) groups is 2. The maximum atomic E-state index is 14.3. The van der Waals surface area contributed by atoms with E-state index in [0.717, 1.165) is 41.6 Å². The number of Topliss-reactive ketones (excluding diaryl/α,β-unsaturated/α-hetero) is 2. The van der Waals surface area contributed by atoms with Crippen LogP contribution in [0.4, 0.5) is 11.4 Å². The van der Waals surface area contributed by atoms with Crippen molar-refractivity contribution in [3.05, 3.63) is 120 Å². The Morgan fingerprint density at radius 1 is 0.824 bits per heavy atom. The molecule has 11 nitrogen and oxygen atoms in total. The molecule has 2 aliphatic carbocycles. The zero-order chi connectivity index (χ0) is 36.8. The molecule has 0 saturated carbocycles. The predicted octanol–water partition coefficient (Wildman–Crippen LogP) is 9.28. The van der Waals surface area contributed by atoms with Gasteiger partial charge in [-0.2, -0.15) is 0 Å². The van der Waals surface area contributed by atoms with Gasteiger partial charge < -0.3 is 14.4 Å². The van der Waals surface area contributed by atoms with Crippen molar-refractivity contribution in [3.8, 4) is 17.2 Å². The highest BCUT2D eigenvalue weighted by atomic mass is 35.5. The molecule has 6 rings (SSSR count). The zero-order valence-corrected chi connectivity index (χ0v) is 30.0. The van der Waals surface area contributed by atoms with E-state index in [1.54, 1.807) is 19.1 Å². The molecule has 0 N–H and O–H groups in total. The molecular weight excluding hydrogens is 674 g/mol. The highest BCUT2D eigenvalue weighted by Crippen LogP contribution is 2.56. The van der Waals surface area contributed by atoms with Crippen molar-refractivity contribution in [3.63, 3.8) is 0 Å². The van der Waals surface area contributed by atoms with Gasteiger partial charge in [-0.15, -0.1) is 0 Å². The van der Waals surface area contributed by atoms with Gasteiger partial charge >= 0.3 is 5.69 Å². The highest BCUT2D eigenvalue weighted by molar-refractivity contribution is 6.32. The molecule has 3 aromatic carbocycles. The van der Waals surface area contributed by atoms with Gasteiger partial charge in [0.25, 0.3) is 5.69 Å². The highest BCUT2D eigenvalue weighted by Gasteiger charge is 2.49. The number of nitrogens with zero attached hydrogens (tertiary/aromatic N) is 3. The Hall–Kier alpha value is -5.03. The number of nitro groups is 2. The molecule has 3 aromatic rings. The third kappa shape index (κ3) is 7.12. The van der Waals surface area contributed by atoms with Crippen LogP contribution in [0.25, 0.3) is 0 Å². The van der Waals surface area contributed by atoms with E-state index in [-0.39, 0.29) is 51.3 Å². The van der Waals surface area contributed by atoms with Gasteiger partial charge in [0, 0.05) is 53.9 Å². The van der Waals surface area contributed by atoms with Crippen molar-refractivity contribution in [1.29, 1.82) is 0 Å². The minimum absolute atomic E-state index is 0.0314. The Bertz CT molecular complexity index is 1960. The van der Waals surface area contributed by atoms with Crippen molar-refractivity contribution in [1.82, 2.24) is 4.90 Å². The van der Waals surface area contributed by atoms with Crippen LogP contribution in [-0.2, 0) is 16.0 Å². The van der Waals surface area contributed by atoms with Crippen LogP contribution in [0.5, 0.6) is 17.2 Å². The standard InChI is InChI=1S/C39H40ClN3O8/c1-6-50-33-17-24(16-26(40)37(33)51-32-13-12-25(42(46)47)18-27(32)43(48)49)34-35-28(19-38(2,3)21-30(35)44)41(15-14-23-10-8-7-9-11-23)29-20-39(4,5)22-31(45)36(29)34/h7-13,16-18,34H,6,14-15,19-22H2,1-5H3. The first-order valence-electron chi connectivity index (χ1n) is 17.0. The van der Waals surface area contributed by atoms with Crippen molar-refractivity contribution in [2.24, 2.45) is 10.8 Å². The number of allylic oxidation sites excluding steroid dienone is 4. The Labute approximate surface area is 301 Å². The van der Waals surface area contributed by atoms with E-state index >= 15 is 0 Å². The quantitative estimate of drug-likeness (QED) is 0.148. The summed E-state index contributed by atoms with van der Waals surface area (Å²) in [5.74, 6) is -0.926.